The van der Waals surface area contributed by atoms with Crippen molar-refractivity contribution in [1.29, 1.82) is 0 Å². The number of anilines is 1. The van der Waals surface area contributed by atoms with Crippen LogP contribution in [0, 0.1) is 5.92 Å². The maximum atomic E-state index is 12.0. The van der Waals surface area contributed by atoms with Gasteiger partial charge in [0.1, 0.15) is 0 Å². The largest absolute Gasteiger partial charge is 0.481 e. The lowest BCUT2D eigenvalue weighted by Gasteiger charge is -2.31. The summed E-state index contributed by atoms with van der Waals surface area (Å²) in [7, 11) is 0. The SMILES string of the molecule is O=C(O)CC1CCCN(C(=O)Nc2nccnn2)C1. The van der Waals surface area contributed by atoms with E-state index in [4.69, 9.17) is 5.11 Å². The molecule has 1 aliphatic heterocycles. The number of hydrogen-bond acceptors (Lipinski definition) is 5. The summed E-state index contributed by atoms with van der Waals surface area (Å²) in [5.74, 6) is -0.678. The zero-order valence-electron chi connectivity index (χ0n) is 10.3. The van der Waals surface area contributed by atoms with Gasteiger partial charge in [0.2, 0.25) is 0 Å². The number of amides is 2. The number of carboxylic acids is 1. The molecule has 1 aliphatic rings. The van der Waals surface area contributed by atoms with Gasteiger partial charge in [-0.15, -0.1) is 5.10 Å². The molecule has 1 saturated heterocycles. The van der Waals surface area contributed by atoms with Gasteiger partial charge in [-0.2, -0.15) is 5.10 Å². The Labute approximate surface area is 109 Å². The van der Waals surface area contributed by atoms with Gasteiger partial charge in [-0.3, -0.25) is 10.1 Å². The van der Waals surface area contributed by atoms with E-state index in [0.29, 0.717) is 13.1 Å². The van der Waals surface area contributed by atoms with Crippen molar-refractivity contribution in [3.63, 3.8) is 0 Å². The van der Waals surface area contributed by atoms with Crippen LogP contribution in [0.5, 0.6) is 0 Å². The van der Waals surface area contributed by atoms with Gasteiger partial charge < -0.3 is 10.0 Å². The zero-order valence-corrected chi connectivity index (χ0v) is 10.3. The van der Waals surface area contributed by atoms with E-state index < -0.39 is 5.97 Å². The molecule has 2 heterocycles. The number of nitrogens with zero attached hydrogens (tertiary/aromatic N) is 4. The molecule has 1 fully saturated rings. The molecule has 2 rings (SSSR count). The van der Waals surface area contributed by atoms with Crippen molar-refractivity contribution in [3.05, 3.63) is 12.4 Å². The standard InChI is InChI=1S/C11H15N5O3/c17-9(18)6-8-2-1-5-16(7-8)11(19)14-10-12-3-4-13-15-10/h3-4,8H,1-2,5-7H2,(H,17,18)(H,12,14,15,19). The highest BCUT2D eigenvalue weighted by molar-refractivity contribution is 5.87. The molecule has 1 aromatic rings. The molecule has 0 radical (unpaired) electrons. The van der Waals surface area contributed by atoms with E-state index in [1.165, 1.54) is 12.4 Å². The number of nitrogens with one attached hydrogen (secondary N) is 1. The van der Waals surface area contributed by atoms with Gasteiger partial charge >= 0.3 is 12.0 Å². The third-order valence-corrected chi connectivity index (χ3v) is 2.97. The third-order valence-electron chi connectivity index (χ3n) is 2.97. The number of carboxylic acid groups (broad SMARTS) is 1. The van der Waals surface area contributed by atoms with Gasteiger partial charge in [-0.25, -0.2) is 9.78 Å². The first-order chi connectivity index (χ1) is 9.15. The molecule has 0 aromatic carbocycles. The molecule has 1 aromatic heterocycles. The van der Waals surface area contributed by atoms with E-state index in [-0.39, 0.29) is 24.3 Å². The van der Waals surface area contributed by atoms with E-state index in [2.05, 4.69) is 20.5 Å². The fourth-order valence-electron chi connectivity index (χ4n) is 2.14. The highest BCUT2D eigenvalue weighted by Gasteiger charge is 2.25. The van der Waals surface area contributed by atoms with Gasteiger partial charge in [-0.05, 0) is 18.8 Å². The first kappa shape index (κ1) is 13.2. The molecule has 19 heavy (non-hydrogen) atoms. The van der Waals surface area contributed by atoms with Crippen LogP contribution in [0.2, 0.25) is 0 Å². The molecule has 0 aliphatic carbocycles. The highest BCUT2D eigenvalue weighted by atomic mass is 16.4. The number of aromatic nitrogens is 3. The molecule has 0 bridgehead atoms. The Hall–Kier alpha value is -2.25. The Morgan fingerprint density at radius 1 is 1.47 bits per heavy atom. The first-order valence-electron chi connectivity index (χ1n) is 6.06. The van der Waals surface area contributed by atoms with Crippen molar-refractivity contribution in [3.8, 4) is 0 Å². The van der Waals surface area contributed by atoms with E-state index in [9.17, 15) is 9.59 Å². The van der Waals surface area contributed by atoms with E-state index >= 15 is 0 Å². The maximum absolute atomic E-state index is 12.0. The van der Waals surface area contributed by atoms with Crippen LogP contribution in [0.4, 0.5) is 10.7 Å². The second-order valence-corrected chi connectivity index (χ2v) is 4.45. The molecule has 2 amide bonds. The van der Waals surface area contributed by atoms with Crippen molar-refractivity contribution in [2.45, 2.75) is 19.3 Å². The Morgan fingerprint density at radius 3 is 3.00 bits per heavy atom. The Bertz CT molecular complexity index is 453. The monoisotopic (exact) mass is 265 g/mol. The second kappa shape index (κ2) is 6.07. The van der Waals surface area contributed by atoms with Crippen LogP contribution in [0.25, 0.3) is 0 Å². The summed E-state index contributed by atoms with van der Waals surface area (Å²) >= 11 is 0. The summed E-state index contributed by atoms with van der Waals surface area (Å²) in [6.07, 6.45) is 4.58. The molecule has 1 atom stereocenters. The number of urea groups is 1. The number of rotatable bonds is 3. The molecular formula is C11H15N5O3. The maximum Gasteiger partial charge on any atom is 0.324 e. The van der Waals surface area contributed by atoms with Crippen LogP contribution in [-0.2, 0) is 4.79 Å². The summed E-state index contributed by atoms with van der Waals surface area (Å²) in [5, 5.41) is 18.6. The van der Waals surface area contributed by atoms with E-state index in [1.54, 1.807) is 4.90 Å². The van der Waals surface area contributed by atoms with Gasteiger partial charge in [0.25, 0.3) is 5.95 Å². The van der Waals surface area contributed by atoms with Gasteiger partial charge in [-0.1, -0.05) is 0 Å². The second-order valence-electron chi connectivity index (χ2n) is 4.45. The molecular weight excluding hydrogens is 250 g/mol. The zero-order chi connectivity index (χ0) is 13.7. The molecule has 8 heteroatoms. The molecule has 2 N–H and O–H groups in total. The van der Waals surface area contributed by atoms with Crippen molar-refractivity contribution >= 4 is 17.9 Å². The lowest BCUT2D eigenvalue weighted by Crippen LogP contribution is -2.43. The number of carbonyl (C=O) groups excluding carboxylic acids is 1. The molecule has 0 saturated carbocycles. The first-order valence-corrected chi connectivity index (χ1v) is 6.06. The van der Waals surface area contributed by atoms with E-state index in [0.717, 1.165) is 12.8 Å². The fourth-order valence-corrected chi connectivity index (χ4v) is 2.14. The Morgan fingerprint density at radius 2 is 2.32 bits per heavy atom. The van der Waals surface area contributed by atoms with Crippen LogP contribution in [-0.4, -0.2) is 50.3 Å². The minimum atomic E-state index is -0.831. The van der Waals surface area contributed by atoms with Crippen LogP contribution >= 0.6 is 0 Å². The van der Waals surface area contributed by atoms with Crippen LogP contribution in [0.15, 0.2) is 12.4 Å². The number of piperidine rings is 1. The summed E-state index contributed by atoms with van der Waals surface area (Å²) in [5.41, 5.74) is 0. The van der Waals surface area contributed by atoms with Crippen molar-refractivity contribution in [2.75, 3.05) is 18.4 Å². The smallest absolute Gasteiger partial charge is 0.324 e. The predicted molar refractivity (Wildman–Crippen MR) is 65.4 cm³/mol. The van der Waals surface area contributed by atoms with Gasteiger partial charge in [0.05, 0.1) is 12.4 Å². The average Bonchev–Trinajstić information content (AvgIpc) is 2.39. The fraction of sp³-hybridized carbons (Fsp3) is 0.545. The summed E-state index contributed by atoms with van der Waals surface area (Å²) < 4.78 is 0. The summed E-state index contributed by atoms with van der Waals surface area (Å²) in [6, 6.07) is -0.317. The lowest BCUT2D eigenvalue weighted by molar-refractivity contribution is -0.138. The van der Waals surface area contributed by atoms with Crippen LogP contribution in [0.1, 0.15) is 19.3 Å². The molecule has 8 nitrogen and oxygen atoms in total. The van der Waals surface area contributed by atoms with Gasteiger partial charge in [0, 0.05) is 19.5 Å². The van der Waals surface area contributed by atoms with Gasteiger partial charge in [0.15, 0.2) is 0 Å². The normalized spacial score (nSPS) is 18.9. The number of aliphatic carboxylic acids is 1. The predicted octanol–water partition coefficient (Wildman–Crippen LogP) is 0.590. The summed E-state index contributed by atoms with van der Waals surface area (Å²) in [6.45, 7) is 1.06. The molecule has 102 valence electrons. The average molecular weight is 265 g/mol. The topological polar surface area (TPSA) is 108 Å². The van der Waals surface area contributed by atoms with Crippen molar-refractivity contribution in [2.24, 2.45) is 5.92 Å². The van der Waals surface area contributed by atoms with Crippen LogP contribution in [0.3, 0.4) is 0 Å². The Balaban J connectivity index is 1.90. The third kappa shape index (κ3) is 3.87. The Kier molecular flexibility index (Phi) is 4.22. The number of hydrogen-bond donors (Lipinski definition) is 2. The summed E-state index contributed by atoms with van der Waals surface area (Å²) in [4.78, 5) is 28.1. The molecule has 0 spiro atoms. The van der Waals surface area contributed by atoms with E-state index in [1.807, 2.05) is 0 Å². The minimum Gasteiger partial charge on any atom is -0.481 e. The quantitative estimate of drug-likeness (QED) is 0.828. The lowest BCUT2D eigenvalue weighted by atomic mass is 9.95. The molecule has 1 unspecified atom stereocenters. The van der Waals surface area contributed by atoms with Crippen LogP contribution < -0.4 is 5.32 Å². The van der Waals surface area contributed by atoms with Crippen molar-refractivity contribution in [1.82, 2.24) is 20.1 Å². The minimum absolute atomic E-state index is 0.00631. The highest BCUT2D eigenvalue weighted by Crippen LogP contribution is 2.20. The number of carbonyl (C=O) groups is 2. The van der Waals surface area contributed by atoms with Crippen molar-refractivity contribution < 1.29 is 14.7 Å². The number of likely N-dealkylation sites (tertiary alicyclic amines) is 1.